The molecule has 5 nitrogen and oxygen atoms in total. The SMILES string of the molecule is CNCc1cc(F)ccc1OCCC(=O)OC(=O)C(F)(F)F. The number of hydrogen-bond acceptors (Lipinski definition) is 5. The highest BCUT2D eigenvalue weighted by atomic mass is 19.4. The molecule has 0 fully saturated rings. The monoisotopic (exact) mass is 323 g/mol. The van der Waals surface area contributed by atoms with Gasteiger partial charge in [0, 0.05) is 12.1 Å². The molecule has 9 heteroatoms. The minimum atomic E-state index is -5.23. The second-order valence-electron chi connectivity index (χ2n) is 4.14. The van der Waals surface area contributed by atoms with Crippen molar-refractivity contribution in [2.45, 2.75) is 19.1 Å². The molecule has 0 aliphatic heterocycles. The van der Waals surface area contributed by atoms with Crippen LogP contribution in [0.25, 0.3) is 0 Å². The van der Waals surface area contributed by atoms with E-state index in [1.165, 1.54) is 12.1 Å². The number of ether oxygens (including phenoxy) is 2. The molecule has 1 aromatic carbocycles. The highest BCUT2D eigenvalue weighted by Gasteiger charge is 2.42. The Labute approximate surface area is 123 Å². The highest BCUT2D eigenvalue weighted by molar-refractivity contribution is 5.88. The number of benzene rings is 1. The van der Waals surface area contributed by atoms with E-state index in [1.807, 2.05) is 0 Å². The summed E-state index contributed by atoms with van der Waals surface area (Å²) < 4.78 is 57.5. The molecule has 0 spiro atoms. The fourth-order valence-electron chi connectivity index (χ4n) is 1.47. The van der Waals surface area contributed by atoms with Crippen LogP contribution < -0.4 is 10.1 Å². The molecule has 0 unspecified atom stereocenters. The van der Waals surface area contributed by atoms with Crippen LogP contribution in [0.5, 0.6) is 5.75 Å². The largest absolute Gasteiger partial charge is 0.493 e. The fourth-order valence-corrected chi connectivity index (χ4v) is 1.47. The van der Waals surface area contributed by atoms with Crippen molar-refractivity contribution in [3.63, 3.8) is 0 Å². The fraction of sp³-hybridized carbons (Fsp3) is 0.385. The Bertz CT molecular complexity index is 545. The lowest BCUT2D eigenvalue weighted by molar-refractivity contribution is -0.202. The van der Waals surface area contributed by atoms with Gasteiger partial charge in [-0.25, -0.2) is 9.18 Å². The molecule has 0 amide bonds. The number of nitrogens with one attached hydrogen (secondary N) is 1. The van der Waals surface area contributed by atoms with Crippen LogP contribution >= 0.6 is 0 Å². The van der Waals surface area contributed by atoms with Crippen LogP contribution in [0.3, 0.4) is 0 Å². The average molecular weight is 323 g/mol. The maximum Gasteiger partial charge on any atom is 0.491 e. The lowest BCUT2D eigenvalue weighted by Gasteiger charge is -2.11. The number of rotatable bonds is 6. The molecular formula is C13H13F4NO4. The molecule has 0 bridgehead atoms. The lowest BCUT2D eigenvalue weighted by Crippen LogP contribution is -2.28. The van der Waals surface area contributed by atoms with Gasteiger partial charge in [0.2, 0.25) is 0 Å². The van der Waals surface area contributed by atoms with E-state index in [4.69, 9.17) is 4.74 Å². The van der Waals surface area contributed by atoms with E-state index in [-0.39, 0.29) is 12.4 Å². The summed E-state index contributed by atoms with van der Waals surface area (Å²) in [5.41, 5.74) is 0.474. The van der Waals surface area contributed by atoms with Crippen molar-refractivity contribution in [3.8, 4) is 5.75 Å². The van der Waals surface area contributed by atoms with Crippen molar-refractivity contribution in [2.24, 2.45) is 0 Å². The van der Waals surface area contributed by atoms with Crippen molar-refractivity contribution >= 4 is 11.9 Å². The summed E-state index contributed by atoms with van der Waals surface area (Å²) in [5.74, 6) is -4.15. The quantitative estimate of drug-likeness (QED) is 0.492. The number of carbonyl (C=O) groups is 2. The molecule has 0 heterocycles. The first-order chi connectivity index (χ1) is 10.2. The smallest absolute Gasteiger partial charge is 0.491 e. The number of esters is 2. The van der Waals surface area contributed by atoms with Crippen molar-refractivity contribution in [1.82, 2.24) is 5.32 Å². The van der Waals surface area contributed by atoms with Gasteiger partial charge in [-0.3, -0.25) is 4.79 Å². The summed E-state index contributed by atoms with van der Waals surface area (Å²) in [7, 11) is 1.63. The molecule has 0 aromatic heterocycles. The van der Waals surface area contributed by atoms with E-state index >= 15 is 0 Å². The van der Waals surface area contributed by atoms with Gasteiger partial charge in [0.15, 0.2) is 0 Å². The van der Waals surface area contributed by atoms with E-state index in [2.05, 4.69) is 10.1 Å². The van der Waals surface area contributed by atoms with Crippen LogP contribution in [-0.4, -0.2) is 31.8 Å². The van der Waals surface area contributed by atoms with Gasteiger partial charge in [-0.05, 0) is 25.2 Å². The Kier molecular flexibility index (Phi) is 6.29. The molecule has 1 rings (SSSR count). The van der Waals surface area contributed by atoms with Gasteiger partial charge in [-0.2, -0.15) is 13.2 Å². The summed E-state index contributed by atoms with van der Waals surface area (Å²) in [6.07, 6.45) is -5.79. The Balaban J connectivity index is 2.51. The number of carbonyl (C=O) groups excluding carboxylic acids is 2. The van der Waals surface area contributed by atoms with Gasteiger partial charge in [-0.15, -0.1) is 0 Å². The molecule has 0 radical (unpaired) electrons. The molecule has 0 saturated carbocycles. The van der Waals surface area contributed by atoms with Crippen molar-refractivity contribution < 1.29 is 36.6 Å². The molecule has 0 atom stereocenters. The summed E-state index contributed by atoms with van der Waals surface area (Å²) in [6, 6.07) is 3.69. The second kappa shape index (κ2) is 7.74. The zero-order valence-electron chi connectivity index (χ0n) is 11.5. The third-order valence-electron chi connectivity index (χ3n) is 2.39. The van der Waals surface area contributed by atoms with Gasteiger partial charge >= 0.3 is 18.1 Å². The van der Waals surface area contributed by atoms with Crippen LogP contribution in [0.1, 0.15) is 12.0 Å². The molecule has 122 valence electrons. The Hall–Kier alpha value is -2.16. The third-order valence-corrected chi connectivity index (χ3v) is 2.39. The van der Waals surface area contributed by atoms with E-state index in [1.54, 1.807) is 7.05 Å². The number of halogens is 4. The van der Waals surface area contributed by atoms with Gasteiger partial charge in [0.25, 0.3) is 0 Å². The predicted octanol–water partition coefficient (Wildman–Crippen LogP) is 1.95. The molecule has 0 saturated heterocycles. The zero-order valence-corrected chi connectivity index (χ0v) is 11.5. The number of alkyl halides is 3. The lowest BCUT2D eigenvalue weighted by atomic mass is 10.2. The topological polar surface area (TPSA) is 64.6 Å². The van der Waals surface area contributed by atoms with Crippen LogP contribution in [0.4, 0.5) is 17.6 Å². The van der Waals surface area contributed by atoms with Gasteiger partial charge < -0.3 is 14.8 Å². The molecule has 0 aliphatic carbocycles. The molecule has 1 N–H and O–H groups in total. The Morgan fingerprint density at radius 1 is 1.27 bits per heavy atom. The predicted molar refractivity (Wildman–Crippen MR) is 66.4 cm³/mol. The highest BCUT2D eigenvalue weighted by Crippen LogP contribution is 2.20. The Morgan fingerprint density at radius 2 is 1.95 bits per heavy atom. The van der Waals surface area contributed by atoms with Crippen LogP contribution in [0, 0.1) is 5.82 Å². The van der Waals surface area contributed by atoms with Crippen molar-refractivity contribution in [1.29, 1.82) is 0 Å². The first-order valence-corrected chi connectivity index (χ1v) is 6.11. The molecular weight excluding hydrogens is 310 g/mol. The van der Waals surface area contributed by atoms with E-state index in [9.17, 15) is 27.2 Å². The molecule has 0 aliphatic rings. The first-order valence-electron chi connectivity index (χ1n) is 6.11. The minimum Gasteiger partial charge on any atom is -0.493 e. The van der Waals surface area contributed by atoms with Crippen LogP contribution in [-0.2, 0) is 20.9 Å². The average Bonchev–Trinajstić information content (AvgIpc) is 2.40. The summed E-state index contributed by atoms with van der Waals surface area (Å²) in [6.45, 7) is -0.0174. The van der Waals surface area contributed by atoms with E-state index in [0.29, 0.717) is 12.1 Å². The zero-order chi connectivity index (χ0) is 16.8. The standard InChI is InChI=1S/C13H13F4NO4/c1-18-7-8-6-9(14)2-3-10(8)21-5-4-11(19)22-12(20)13(15,16)17/h2-3,6,18H,4-5,7H2,1H3. The summed E-state index contributed by atoms with van der Waals surface area (Å²) >= 11 is 0. The Morgan fingerprint density at radius 3 is 2.55 bits per heavy atom. The van der Waals surface area contributed by atoms with Gasteiger partial charge in [0.05, 0.1) is 13.0 Å². The summed E-state index contributed by atoms with van der Waals surface area (Å²) in [4.78, 5) is 21.5. The van der Waals surface area contributed by atoms with Crippen molar-refractivity contribution in [3.05, 3.63) is 29.6 Å². The maximum absolute atomic E-state index is 13.1. The first kappa shape index (κ1) is 17.9. The van der Waals surface area contributed by atoms with Crippen molar-refractivity contribution in [2.75, 3.05) is 13.7 Å². The van der Waals surface area contributed by atoms with Crippen LogP contribution in [0.2, 0.25) is 0 Å². The summed E-state index contributed by atoms with van der Waals surface area (Å²) in [5, 5.41) is 2.79. The van der Waals surface area contributed by atoms with Gasteiger partial charge in [0.1, 0.15) is 11.6 Å². The second-order valence-corrected chi connectivity index (χ2v) is 4.14. The van der Waals surface area contributed by atoms with Crippen LogP contribution in [0.15, 0.2) is 18.2 Å². The van der Waals surface area contributed by atoms with Gasteiger partial charge in [-0.1, -0.05) is 0 Å². The number of hydrogen-bond donors (Lipinski definition) is 1. The molecule has 1 aromatic rings. The third kappa shape index (κ3) is 5.68. The maximum atomic E-state index is 13.1. The molecule has 22 heavy (non-hydrogen) atoms. The van der Waals surface area contributed by atoms with E-state index < -0.39 is 30.4 Å². The minimum absolute atomic E-state index is 0.269. The van der Waals surface area contributed by atoms with E-state index in [0.717, 1.165) is 6.07 Å². The normalized spacial score (nSPS) is 11.1.